The van der Waals surface area contributed by atoms with Crippen molar-refractivity contribution in [2.24, 2.45) is 0 Å². The number of carbonyl (C=O) groups excluding carboxylic acids is 2. The van der Waals surface area contributed by atoms with Gasteiger partial charge in [-0.1, -0.05) is 43.2 Å². The van der Waals surface area contributed by atoms with Crippen LogP contribution in [0.15, 0.2) is 36.4 Å². The Kier molecular flexibility index (Phi) is 6.75. The number of hydrogen-bond acceptors (Lipinski definition) is 5. The second-order valence-corrected chi connectivity index (χ2v) is 7.90. The first kappa shape index (κ1) is 21.1. The minimum absolute atomic E-state index is 0.109. The van der Waals surface area contributed by atoms with Crippen LogP contribution in [-0.2, 0) is 9.59 Å². The fourth-order valence-electron chi connectivity index (χ4n) is 4.01. The number of nitrogens with one attached hydrogen (secondary N) is 1. The topological polar surface area (TPSA) is 67.9 Å². The lowest BCUT2D eigenvalue weighted by atomic mass is 9.89. The quantitative estimate of drug-likeness (QED) is 0.596. The number of ether oxygens (including phenoxy) is 2. The predicted octanol–water partition coefficient (Wildman–Crippen LogP) is 3.52. The number of amides is 1. The van der Waals surface area contributed by atoms with Gasteiger partial charge in [-0.25, -0.2) is 0 Å². The lowest BCUT2D eigenvalue weighted by Crippen LogP contribution is -2.53. The highest BCUT2D eigenvalue weighted by Crippen LogP contribution is 2.36. The molecule has 3 rings (SSSR count). The van der Waals surface area contributed by atoms with E-state index in [1.54, 1.807) is 13.0 Å². The van der Waals surface area contributed by atoms with Gasteiger partial charge < -0.3 is 19.7 Å². The third kappa shape index (κ3) is 5.07. The maximum atomic E-state index is 12.9. The van der Waals surface area contributed by atoms with Crippen molar-refractivity contribution in [2.75, 3.05) is 14.1 Å². The fourth-order valence-corrected chi connectivity index (χ4v) is 4.01. The van der Waals surface area contributed by atoms with Gasteiger partial charge in [0.05, 0.1) is 0 Å². The van der Waals surface area contributed by atoms with Gasteiger partial charge in [-0.2, -0.15) is 0 Å². The minimum Gasteiger partial charge on any atom is -0.476 e. The molecular weight excluding hydrogens is 368 g/mol. The van der Waals surface area contributed by atoms with Crippen LogP contribution in [0.5, 0.6) is 11.5 Å². The SMILES string of the molecule is CC(=O)Oc1ccc2ccccc2c1OC(C)C(=O)NC1CCCCC1N(C)C. The van der Waals surface area contributed by atoms with Crippen LogP contribution in [-0.4, -0.2) is 49.1 Å². The van der Waals surface area contributed by atoms with E-state index in [9.17, 15) is 9.59 Å². The molecule has 0 aromatic heterocycles. The smallest absolute Gasteiger partial charge is 0.308 e. The van der Waals surface area contributed by atoms with Gasteiger partial charge in [0.2, 0.25) is 0 Å². The summed E-state index contributed by atoms with van der Waals surface area (Å²) in [6, 6.07) is 11.7. The standard InChI is InChI=1S/C23H30N2O4/c1-15(23(27)24-19-11-7-8-12-20(19)25(3)4)28-22-18-10-6-5-9-17(18)13-14-21(22)29-16(2)26/h5-6,9-10,13-15,19-20H,7-8,11-12H2,1-4H3,(H,24,27). The van der Waals surface area contributed by atoms with Crippen LogP contribution in [0, 0.1) is 0 Å². The molecule has 0 heterocycles. The molecule has 3 unspecified atom stereocenters. The molecule has 0 bridgehead atoms. The third-order valence-electron chi connectivity index (χ3n) is 5.48. The summed E-state index contributed by atoms with van der Waals surface area (Å²) in [5.41, 5.74) is 0. The molecule has 0 saturated heterocycles. The Bertz CT molecular complexity index is 880. The average molecular weight is 399 g/mol. The molecule has 0 aliphatic heterocycles. The number of hydrogen-bond donors (Lipinski definition) is 1. The van der Waals surface area contributed by atoms with Crippen LogP contribution >= 0.6 is 0 Å². The zero-order valence-electron chi connectivity index (χ0n) is 17.6. The van der Waals surface area contributed by atoms with Crippen molar-refractivity contribution in [3.05, 3.63) is 36.4 Å². The Hall–Kier alpha value is -2.60. The highest BCUT2D eigenvalue weighted by molar-refractivity contribution is 5.92. The van der Waals surface area contributed by atoms with E-state index in [0.29, 0.717) is 17.5 Å². The molecule has 0 radical (unpaired) electrons. The second kappa shape index (κ2) is 9.27. The molecule has 2 aromatic carbocycles. The Labute approximate surface area is 172 Å². The van der Waals surface area contributed by atoms with Crippen molar-refractivity contribution < 1.29 is 19.1 Å². The number of rotatable bonds is 6. The van der Waals surface area contributed by atoms with Crippen molar-refractivity contribution in [2.45, 2.75) is 57.7 Å². The van der Waals surface area contributed by atoms with Gasteiger partial charge in [0.1, 0.15) is 0 Å². The number of esters is 1. The number of carbonyl (C=O) groups is 2. The van der Waals surface area contributed by atoms with Crippen molar-refractivity contribution in [3.63, 3.8) is 0 Å². The van der Waals surface area contributed by atoms with Crippen LogP contribution in [0.3, 0.4) is 0 Å². The van der Waals surface area contributed by atoms with E-state index in [1.807, 2.05) is 30.3 Å². The van der Waals surface area contributed by atoms with E-state index in [4.69, 9.17) is 9.47 Å². The van der Waals surface area contributed by atoms with E-state index in [0.717, 1.165) is 30.0 Å². The first-order valence-electron chi connectivity index (χ1n) is 10.2. The summed E-state index contributed by atoms with van der Waals surface area (Å²) in [5, 5.41) is 4.92. The van der Waals surface area contributed by atoms with Crippen LogP contribution < -0.4 is 14.8 Å². The predicted molar refractivity (Wildman–Crippen MR) is 113 cm³/mol. The molecule has 1 fully saturated rings. The van der Waals surface area contributed by atoms with Crippen LogP contribution in [0.4, 0.5) is 0 Å². The highest BCUT2D eigenvalue weighted by Gasteiger charge is 2.30. The molecule has 29 heavy (non-hydrogen) atoms. The third-order valence-corrected chi connectivity index (χ3v) is 5.48. The van der Waals surface area contributed by atoms with Gasteiger partial charge in [0.15, 0.2) is 17.6 Å². The summed E-state index contributed by atoms with van der Waals surface area (Å²) in [5.74, 6) is 0.136. The van der Waals surface area contributed by atoms with Crippen molar-refractivity contribution in [3.8, 4) is 11.5 Å². The molecule has 1 saturated carbocycles. The monoisotopic (exact) mass is 398 g/mol. The first-order valence-corrected chi connectivity index (χ1v) is 10.2. The average Bonchev–Trinajstić information content (AvgIpc) is 2.69. The summed E-state index contributed by atoms with van der Waals surface area (Å²) in [7, 11) is 4.10. The van der Waals surface area contributed by atoms with E-state index < -0.39 is 12.1 Å². The summed E-state index contributed by atoms with van der Waals surface area (Å²) in [6.45, 7) is 3.07. The zero-order valence-corrected chi connectivity index (χ0v) is 17.6. The Morgan fingerprint density at radius 2 is 1.83 bits per heavy atom. The molecule has 156 valence electrons. The lowest BCUT2D eigenvalue weighted by molar-refractivity contribution is -0.132. The Morgan fingerprint density at radius 3 is 2.55 bits per heavy atom. The molecule has 3 atom stereocenters. The van der Waals surface area contributed by atoms with Gasteiger partial charge in [0.25, 0.3) is 5.91 Å². The molecule has 6 heteroatoms. The van der Waals surface area contributed by atoms with Gasteiger partial charge >= 0.3 is 5.97 Å². The molecule has 2 aromatic rings. The van der Waals surface area contributed by atoms with E-state index in [2.05, 4.69) is 24.3 Å². The Morgan fingerprint density at radius 1 is 1.10 bits per heavy atom. The first-order chi connectivity index (χ1) is 13.9. The van der Waals surface area contributed by atoms with Crippen LogP contribution in [0.2, 0.25) is 0 Å². The molecular formula is C23H30N2O4. The number of nitrogens with zero attached hydrogens (tertiary/aromatic N) is 1. The van der Waals surface area contributed by atoms with Gasteiger partial charge in [-0.15, -0.1) is 0 Å². The van der Waals surface area contributed by atoms with E-state index in [-0.39, 0.29) is 11.9 Å². The molecule has 1 aliphatic rings. The summed E-state index contributed by atoms with van der Waals surface area (Å²) in [6.07, 6.45) is 3.62. The summed E-state index contributed by atoms with van der Waals surface area (Å²) < 4.78 is 11.4. The van der Waals surface area contributed by atoms with E-state index >= 15 is 0 Å². The Balaban J connectivity index is 1.80. The number of fused-ring (bicyclic) bond motifs is 1. The van der Waals surface area contributed by atoms with Gasteiger partial charge in [-0.05, 0) is 45.3 Å². The molecule has 1 amide bonds. The normalized spacial score (nSPS) is 20.3. The van der Waals surface area contributed by atoms with Crippen molar-refractivity contribution in [1.82, 2.24) is 10.2 Å². The largest absolute Gasteiger partial charge is 0.476 e. The minimum atomic E-state index is -0.722. The molecule has 6 nitrogen and oxygen atoms in total. The summed E-state index contributed by atoms with van der Waals surface area (Å²) >= 11 is 0. The number of likely N-dealkylation sites (N-methyl/N-ethyl adjacent to an activating group) is 1. The molecule has 1 aliphatic carbocycles. The highest BCUT2D eigenvalue weighted by atomic mass is 16.6. The van der Waals surface area contributed by atoms with E-state index in [1.165, 1.54) is 13.3 Å². The zero-order chi connectivity index (χ0) is 21.0. The second-order valence-electron chi connectivity index (χ2n) is 7.90. The van der Waals surface area contributed by atoms with Gasteiger partial charge in [0, 0.05) is 24.4 Å². The summed E-state index contributed by atoms with van der Waals surface area (Å²) in [4.78, 5) is 26.6. The lowest BCUT2D eigenvalue weighted by Gasteiger charge is -2.37. The number of benzene rings is 2. The maximum Gasteiger partial charge on any atom is 0.308 e. The van der Waals surface area contributed by atoms with Gasteiger partial charge in [-0.3, -0.25) is 9.59 Å². The van der Waals surface area contributed by atoms with Crippen molar-refractivity contribution in [1.29, 1.82) is 0 Å². The van der Waals surface area contributed by atoms with Crippen molar-refractivity contribution >= 4 is 22.6 Å². The van der Waals surface area contributed by atoms with Crippen LogP contribution in [0.1, 0.15) is 39.5 Å². The molecule has 0 spiro atoms. The van der Waals surface area contributed by atoms with Crippen LogP contribution in [0.25, 0.3) is 10.8 Å². The fraction of sp³-hybridized carbons (Fsp3) is 0.478. The molecule has 1 N–H and O–H groups in total. The maximum absolute atomic E-state index is 12.9.